The Bertz CT molecular complexity index is 1080. The largest absolute Gasteiger partial charge is 0.452 e. The number of halogens is 1. The minimum atomic E-state index is -3.11. The molecule has 0 bridgehead atoms. The van der Waals surface area contributed by atoms with Gasteiger partial charge in [0, 0.05) is 18.1 Å². The zero-order valence-electron chi connectivity index (χ0n) is 17.1. The molecule has 2 aromatic rings. The monoisotopic (exact) mass is 453 g/mol. The number of esters is 1. The van der Waals surface area contributed by atoms with Crippen molar-refractivity contribution in [1.82, 2.24) is 14.7 Å². The van der Waals surface area contributed by atoms with Gasteiger partial charge in [0.25, 0.3) is 5.91 Å². The Balaban J connectivity index is 1.65. The third-order valence-corrected chi connectivity index (χ3v) is 7.46. The fourth-order valence-electron chi connectivity index (χ4n) is 3.52. The van der Waals surface area contributed by atoms with Gasteiger partial charge in [0.05, 0.1) is 29.4 Å². The highest BCUT2D eigenvalue weighted by molar-refractivity contribution is 7.91. The molecule has 10 heteroatoms. The maximum atomic E-state index is 12.6. The molecule has 1 fully saturated rings. The van der Waals surface area contributed by atoms with Gasteiger partial charge < -0.3 is 9.64 Å². The number of sulfone groups is 1. The van der Waals surface area contributed by atoms with E-state index in [-0.39, 0.29) is 17.5 Å². The molecule has 0 aliphatic carbocycles. The highest BCUT2D eigenvalue weighted by Crippen LogP contribution is 2.20. The minimum absolute atomic E-state index is 0.0593. The Hall–Kier alpha value is -2.39. The lowest BCUT2D eigenvalue weighted by Gasteiger charge is -2.23. The zero-order chi connectivity index (χ0) is 22.1. The molecular formula is C20H24ClN3O5S. The third kappa shape index (κ3) is 4.84. The lowest BCUT2D eigenvalue weighted by molar-refractivity contribution is -0.134. The van der Waals surface area contributed by atoms with Crippen molar-refractivity contribution in [3.05, 3.63) is 51.8 Å². The first kappa shape index (κ1) is 22.3. The summed E-state index contributed by atoms with van der Waals surface area (Å²) in [6.07, 6.45) is 0.394. The van der Waals surface area contributed by atoms with Crippen LogP contribution in [-0.4, -0.2) is 66.2 Å². The van der Waals surface area contributed by atoms with Gasteiger partial charge >= 0.3 is 5.97 Å². The molecular weight excluding hydrogens is 430 g/mol. The minimum Gasteiger partial charge on any atom is -0.452 e. The van der Waals surface area contributed by atoms with Crippen molar-refractivity contribution in [3.63, 3.8) is 0 Å². The second kappa shape index (κ2) is 8.77. The number of rotatable bonds is 6. The van der Waals surface area contributed by atoms with E-state index in [0.29, 0.717) is 34.9 Å². The normalized spacial score (nSPS) is 17.7. The zero-order valence-corrected chi connectivity index (χ0v) is 18.7. The molecule has 1 aliphatic heterocycles. The van der Waals surface area contributed by atoms with Crippen LogP contribution in [0.1, 0.15) is 33.7 Å². The van der Waals surface area contributed by atoms with Gasteiger partial charge in [-0.1, -0.05) is 29.8 Å². The maximum Gasteiger partial charge on any atom is 0.342 e. The van der Waals surface area contributed by atoms with Crippen LogP contribution in [0.4, 0.5) is 0 Å². The van der Waals surface area contributed by atoms with Crippen LogP contribution in [0.25, 0.3) is 0 Å². The summed E-state index contributed by atoms with van der Waals surface area (Å²) in [5, 5.41) is 5.01. The SMILES string of the molecule is Cc1nn(Cc2ccccc2Cl)c(C)c1C(=O)OCC(=O)N(C)[C@@H]1CCS(=O)(=O)C1. The molecule has 30 heavy (non-hydrogen) atoms. The van der Waals surface area contributed by atoms with Crippen LogP contribution in [0.3, 0.4) is 0 Å². The molecule has 162 valence electrons. The summed E-state index contributed by atoms with van der Waals surface area (Å²) in [5.41, 5.74) is 2.28. The highest BCUT2D eigenvalue weighted by atomic mass is 35.5. The number of benzene rings is 1. The molecule has 1 saturated heterocycles. The molecule has 0 radical (unpaired) electrons. The predicted molar refractivity (Wildman–Crippen MR) is 112 cm³/mol. The van der Waals surface area contributed by atoms with E-state index in [2.05, 4.69) is 5.10 Å². The van der Waals surface area contributed by atoms with Crippen LogP contribution >= 0.6 is 11.6 Å². The highest BCUT2D eigenvalue weighted by Gasteiger charge is 2.33. The summed E-state index contributed by atoms with van der Waals surface area (Å²) < 4.78 is 30.1. The Morgan fingerprint density at radius 3 is 2.63 bits per heavy atom. The first-order valence-electron chi connectivity index (χ1n) is 9.49. The number of aryl methyl sites for hydroxylation is 1. The van der Waals surface area contributed by atoms with Gasteiger partial charge in [-0.15, -0.1) is 0 Å². The van der Waals surface area contributed by atoms with Crippen molar-refractivity contribution in [2.24, 2.45) is 0 Å². The molecule has 3 rings (SSSR count). The molecule has 0 N–H and O–H groups in total. The fourth-order valence-corrected chi connectivity index (χ4v) is 5.49. The number of hydrogen-bond donors (Lipinski definition) is 0. The van der Waals surface area contributed by atoms with Crippen molar-refractivity contribution in [1.29, 1.82) is 0 Å². The molecule has 1 aromatic carbocycles. The van der Waals surface area contributed by atoms with Gasteiger partial charge in [-0.25, -0.2) is 13.2 Å². The fraction of sp³-hybridized carbons (Fsp3) is 0.450. The van der Waals surface area contributed by atoms with E-state index in [0.717, 1.165) is 5.56 Å². The van der Waals surface area contributed by atoms with E-state index in [9.17, 15) is 18.0 Å². The Labute approximate surface area is 180 Å². The number of ether oxygens (including phenoxy) is 1. The summed E-state index contributed by atoms with van der Waals surface area (Å²) in [4.78, 5) is 26.3. The van der Waals surface area contributed by atoms with Gasteiger partial charge in [0.1, 0.15) is 5.56 Å². The van der Waals surface area contributed by atoms with E-state index < -0.39 is 28.3 Å². The van der Waals surface area contributed by atoms with Crippen molar-refractivity contribution >= 4 is 33.3 Å². The topological polar surface area (TPSA) is 98.6 Å². The standard InChI is InChI=1S/C20H24ClN3O5S/c1-13-19(14(2)24(22-13)10-15-6-4-5-7-17(15)21)20(26)29-11-18(25)23(3)16-8-9-30(27,28)12-16/h4-7,16H,8-12H2,1-3H3/t16-/m1/s1. The maximum absolute atomic E-state index is 12.6. The van der Waals surface area contributed by atoms with Crippen molar-refractivity contribution < 1.29 is 22.7 Å². The first-order valence-corrected chi connectivity index (χ1v) is 11.7. The second-order valence-electron chi connectivity index (χ2n) is 7.43. The summed E-state index contributed by atoms with van der Waals surface area (Å²) in [6, 6.07) is 7.00. The van der Waals surface area contributed by atoms with Gasteiger partial charge in [0.2, 0.25) is 0 Å². The van der Waals surface area contributed by atoms with Crippen molar-refractivity contribution in [3.8, 4) is 0 Å². The van der Waals surface area contributed by atoms with Crippen molar-refractivity contribution in [2.45, 2.75) is 32.9 Å². The average molecular weight is 454 g/mol. The van der Waals surface area contributed by atoms with Crippen LogP contribution in [0.15, 0.2) is 24.3 Å². The third-order valence-electron chi connectivity index (χ3n) is 5.34. The lowest BCUT2D eigenvalue weighted by Crippen LogP contribution is -2.40. The molecule has 1 aliphatic rings. The number of carbonyl (C=O) groups excluding carboxylic acids is 2. The van der Waals surface area contributed by atoms with Crippen LogP contribution in [-0.2, 0) is 25.9 Å². The number of likely N-dealkylation sites (N-methyl/N-ethyl adjacent to an activating group) is 1. The van der Waals surface area contributed by atoms with E-state index in [1.807, 2.05) is 18.2 Å². The summed E-state index contributed by atoms with van der Waals surface area (Å²) in [6.45, 7) is 3.40. The summed E-state index contributed by atoms with van der Waals surface area (Å²) >= 11 is 6.21. The molecule has 8 nitrogen and oxygen atoms in total. The Kier molecular flexibility index (Phi) is 6.52. The molecule has 1 aromatic heterocycles. The molecule has 0 unspecified atom stereocenters. The van der Waals surface area contributed by atoms with Crippen LogP contribution < -0.4 is 0 Å². The molecule has 1 amide bonds. The predicted octanol–water partition coefficient (Wildman–Crippen LogP) is 2.00. The van der Waals surface area contributed by atoms with Gasteiger partial charge in [-0.05, 0) is 31.9 Å². The van der Waals surface area contributed by atoms with Gasteiger partial charge in [-0.3, -0.25) is 9.48 Å². The number of aromatic nitrogens is 2. The lowest BCUT2D eigenvalue weighted by atomic mass is 10.2. The smallest absolute Gasteiger partial charge is 0.342 e. The van der Waals surface area contributed by atoms with E-state index >= 15 is 0 Å². The van der Waals surface area contributed by atoms with Crippen molar-refractivity contribution in [2.75, 3.05) is 25.2 Å². The Morgan fingerprint density at radius 1 is 1.30 bits per heavy atom. The van der Waals surface area contributed by atoms with E-state index in [4.69, 9.17) is 16.3 Å². The van der Waals surface area contributed by atoms with Crippen LogP contribution in [0.5, 0.6) is 0 Å². The number of carbonyl (C=O) groups is 2. The second-order valence-corrected chi connectivity index (χ2v) is 10.1. The van der Waals surface area contributed by atoms with Gasteiger partial charge in [0.15, 0.2) is 16.4 Å². The molecule has 1 atom stereocenters. The van der Waals surface area contributed by atoms with Crippen LogP contribution in [0, 0.1) is 13.8 Å². The molecule has 2 heterocycles. The number of hydrogen-bond acceptors (Lipinski definition) is 6. The summed E-state index contributed by atoms with van der Waals surface area (Å²) in [5.74, 6) is -1.07. The Morgan fingerprint density at radius 2 is 2.00 bits per heavy atom. The van der Waals surface area contributed by atoms with E-state index in [1.54, 1.807) is 24.6 Å². The number of nitrogens with zero attached hydrogens (tertiary/aromatic N) is 3. The van der Waals surface area contributed by atoms with E-state index in [1.165, 1.54) is 11.9 Å². The average Bonchev–Trinajstić information content (AvgIpc) is 3.19. The van der Waals surface area contributed by atoms with Crippen LogP contribution in [0.2, 0.25) is 5.02 Å². The molecule has 0 spiro atoms. The van der Waals surface area contributed by atoms with Gasteiger partial charge in [-0.2, -0.15) is 5.10 Å². The first-order chi connectivity index (χ1) is 14.1. The summed E-state index contributed by atoms with van der Waals surface area (Å²) in [7, 11) is -1.58. The molecule has 0 saturated carbocycles. The number of amides is 1. The quantitative estimate of drug-likeness (QED) is 0.620.